The van der Waals surface area contributed by atoms with E-state index in [9.17, 15) is 14.4 Å². The van der Waals surface area contributed by atoms with Gasteiger partial charge >= 0.3 is 0 Å². The zero-order valence-corrected chi connectivity index (χ0v) is 13.6. The van der Waals surface area contributed by atoms with Crippen molar-refractivity contribution < 1.29 is 18.8 Å². The Kier molecular flexibility index (Phi) is 4.20. The molecule has 6 heteroatoms. The molecule has 1 atom stereocenters. The highest BCUT2D eigenvalue weighted by Crippen LogP contribution is 2.22. The molecular formula is C18H18N2O4. The number of nitrogens with zero attached hydrogens (tertiary/aromatic N) is 2. The summed E-state index contributed by atoms with van der Waals surface area (Å²) >= 11 is 0. The van der Waals surface area contributed by atoms with Gasteiger partial charge < -0.3 is 14.2 Å². The number of ketones is 1. The lowest BCUT2D eigenvalue weighted by atomic mass is 10.1. The third-order valence-electron chi connectivity index (χ3n) is 4.10. The Balaban J connectivity index is 1.77. The van der Waals surface area contributed by atoms with Crippen LogP contribution in [0.3, 0.4) is 0 Å². The van der Waals surface area contributed by atoms with Gasteiger partial charge in [0.25, 0.3) is 11.7 Å². The van der Waals surface area contributed by atoms with Gasteiger partial charge in [0.15, 0.2) is 5.76 Å². The van der Waals surface area contributed by atoms with E-state index in [0.717, 1.165) is 11.3 Å². The minimum Gasteiger partial charge on any atom is -0.461 e. The molecule has 0 N–H and O–H groups in total. The van der Waals surface area contributed by atoms with Crippen LogP contribution in [0.25, 0.3) is 0 Å². The largest absolute Gasteiger partial charge is 0.461 e. The van der Waals surface area contributed by atoms with Gasteiger partial charge in [-0.2, -0.15) is 0 Å². The van der Waals surface area contributed by atoms with E-state index in [2.05, 4.69) is 0 Å². The number of furan rings is 1. The molecule has 1 aliphatic rings. The molecule has 1 fully saturated rings. The summed E-state index contributed by atoms with van der Waals surface area (Å²) in [7, 11) is 0. The summed E-state index contributed by atoms with van der Waals surface area (Å²) < 4.78 is 4.98. The molecule has 6 nitrogen and oxygen atoms in total. The Labute approximate surface area is 139 Å². The van der Waals surface area contributed by atoms with Crippen LogP contribution in [-0.2, 0) is 9.59 Å². The number of benzene rings is 1. The van der Waals surface area contributed by atoms with Crippen LogP contribution in [0.15, 0.2) is 47.1 Å². The molecule has 0 saturated carbocycles. The molecule has 0 spiro atoms. The topological polar surface area (TPSA) is 70.8 Å². The van der Waals surface area contributed by atoms with E-state index in [1.807, 2.05) is 38.1 Å². The number of carbonyl (C=O) groups is 3. The first-order valence-electron chi connectivity index (χ1n) is 7.73. The third-order valence-corrected chi connectivity index (χ3v) is 4.10. The molecule has 124 valence electrons. The van der Waals surface area contributed by atoms with Crippen LogP contribution in [0.5, 0.6) is 0 Å². The molecule has 3 rings (SSSR count). The van der Waals surface area contributed by atoms with E-state index in [1.54, 1.807) is 11.0 Å². The summed E-state index contributed by atoms with van der Waals surface area (Å²) in [5.74, 6) is -1.67. The Bertz CT molecular complexity index is 782. The molecular weight excluding hydrogens is 308 g/mol. The second kappa shape index (κ2) is 6.31. The molecule has 1 aromatic heterocycles. The molecule has 24 heavy (non-hydrogen) atoms. The first-order chi connectivity index (χ1) is 11.5. The Morgan fingerprint density at radius 3 is 2.67 bits per heavy atom. The highest BCUT2D eigenvalue weighted by Gasteiger charge is 2.36. The first-order valence-corrected chi connectivity index (χ1v) is 7.73. The van der Waals surface area contributed by atoms with Gasteiger partial charge in [-0.05, 0) is 43.7 Å². The van der Waals surface area contributed by atoms with Gasteiger partial charge in [-0.15, -0.1) is 0 Å². The van der Waals surface area contributed by atoms with Crippen molar-refractivity contribution >= 4 is 23.3 Å². The highest BCUT2D eigenvalue weighted by molar-refractivity contribution is 6.42. The molecule has 1 aliphatic heterocycles. The average molecular weight is 326 g/mol. The van der Waals surface area contributed by atoms with Gasteiger partial charge in [-0.3, -0.25) is 14.4 Å². The predicted octanol–water partition coefficient (Wildman–Crippen LogP) is 2.03. The lowest BCUT2D eigenvalue weighted by Gasteiger charge is -2.39. The van der Waals surface area contributed by atoms with Crippen molar-refractivity contribution in [3.8, 4) is 0 Å². The molecule has 0 bridgehead atoms. The van der Waals surface area contributed by atoms with Crippen LogP contribution < -0.4 is 4.90 Å². The lowest BCUT2D eigenvalue weighted by molar-refractivity contribution is -0.135. The number of anilines is 1. The van der Waals surface area contributed by atoms with Gasteiger partial charge in [0.1, 0.15) is 6.54 Å². The van der Waals surface area contributed by atoms with Gasteiger partial charge in [0, 0.05) is 18.3 Å². The molecule has 1 aromatic carbocycles. The fraction of sp³-hybridized carbons (Fsp3) is 0.278. The summed E-state index contributed by atoms with van der Waals surface area (Å²) in [6, 6.07) is 10.4. The minimum atomic E-state index is -0.733. The lowest BCUT2D eigenvalue weighted by Crippen LogP contribution is -2.58. The predicted molar refractivity (Wildman–Crippen MR) is 87.7 cm³/mol. The van der Waals surface area contributed by atoms with Crippen molar-refractivity contribution in [2.45, 2.75) is 19.9 Å². The second-order valence-corrected chi connectivity index (χ2v) is 5.93. The molecule has 0 radical (unpaired) electrons. The van der Waals surface area contributed by atoms with Crippen molar-refractivity contribution in [1.29, 1.82) is 0 Å². The van der Waals surface area contributed by atoms with E-state index >= 15 is 0 Å². The summed E-state index contributed by atoms with van der Waals surface area (Å²) in [6.45, 7) is 4.00. The van der Waals surface area contributed by atoms with Crippen LogP contribution in [0.2, 0.25) is 0 Å². The maximum atomic E-state index is 12.5. The molecule has 2 heterocycles. The molecule has 0 unspecified atom stereocenters. The SMILES string of the molecule is Cc1cccc(N2C[C@H](C)N(C(=O)C(=O)c3ccco3)CC2=O)c1. The highest BCUT2D eigenvalue weighted by atomic mass is 16.3. The number of piperazine rings is 1. The van der Waals surface area contributed by atoms with E-state index in [-0.39, 0.29) is 24.3 Å². The van der Waals surface area contributed by atoms with E-state index in [1.165, 1.54) is 17.2 Å². The summed E-state index contributed by atoms with van der Waals surface area (Å²) in [4.78, 5) is 40.0. The Morgan fingerprint density at radius 1 is 1.21 bits per heavy atom. The minimum absolute atomic E-state index is 0.0132. The first kappa shape index (κ1) is 16.0. The Morgan fingerprint density at radius 2 is 2.00 bits per heavy atom. The molecule has 0 aliphatic carbocycles. The fourth-order valence-corrected chi connectivity index (χ4v) is 2.81. The normalized spacial score (nSPS) is 17.9. The number of amides is 2. The third kappa shape index (κ3) is 2.95. The number of carbonyl (C=O) groups excluding carboxylic acids is 3. The average Bonchev–Trinajstić information content (AvgIpc) is 3.09. The maximum absolute atomic E-state index is 12.5. The molecule has 1 saturated heterocycles. The standard InChI is InChI=1S/C18H18N2O4/c1-12-5-3-6-14(9-12)20-10-13(2)19(11-16(20)21)18(23)17(22)15-7-4-8-24-15/h3-9,13H,10-11H2,1-2H3/t13-/m0/s1. The van der Waals surface area contributed by atoms with E-state index in [0.29, 0.717) is 6.54 Å². The maximum Gasteiger partial charge on any atom is 0.299 e. The van der Waals surface area contributed by atoms with Crippen LogP contribution >= 0.6 is 0 Å². The van der Waals surface area contributed by atoms with Crippen molar-refractivity contribution in [2.75, 3.05) is 18.0 Å². The van der Waals surface area contributed by atoms with Crippen LogP contribution in [0.4, 0.5) is 5.69 Å². The van der Waals surface area contributed by atoms with Gasteiger partial charge in [0.2, 0.25) is 5.91 Å². The number of hydrogen-bond acceptors (Lipinski definition) is 4. The monoisotopic (exact) mass is 326 g/mol. The van der Waals surface area contributed by atoms with E-state index in [4.69, 9.17) is 4.42 Å². The van der Waals surface area contributed by atoms with Crippen LogP contribution in [0.1, 0.15) is 23.0 Å². The van der Waals surface area contributed by atoms with Crippen LogP contribution in [0, 0.1) is 6.92 Å². The molecule has 2 amide bonds. The fourth-order valence-electron chi connectivity index (χ4n) is 2.81. The van der Waals surface area contributed by atoms with Crippen molar-refractivity contribution in [3.05, 3.63) is 54.0 Å². The summed E-state index contributed by atoms with van der Waals surface area (Å²) in [6.07, 6.45) is 1.34. The van der Waals surface area contributed by atoms with E-state index < -0.39 is 11.7 Å². The second-order valence-electron chi connectivity index (χ2n) is 5.93. The summed E-state index contributed by atoms with van der Waals surface area (Å²) in [5, 5.41) is 0. The number of rotatable bonds is 3. The number of hydrogen-bond donors (Lipinski definition) is 0. The van der Waals surface area contributed by atoms with Crippen LogP contribution in [-0.4, -0.2) is 41.6 Å². The quantitative estimate of drug-likeness (QED) is 0.639. The zero-order chi connectivity index (χ0) is 17.3. The van der Waals surface area contributed by atoms with Gasteiger partial charge in [0.05, 0.1) is 6.26 Å². The Hall–Kier alpha value is -2.89. The van der Waals surface area contributed by atoms with Gasteiger partial charge in [-0.25, -0.2) is 0 Å². The smallest absolute Gasteiger partial charge is 0.299 e. The number of Topliss-reactive ketones (excluding diaryl/α,β-unsaturated/α-hetero) is 1. The molecule has 2 aromatic rings. The van der Waals surface area contributed by atoms with Crippen molar-refractivity contribution in [2.24, 2.45) is 0 Å². The summed E-state index contributed by atoms with van der Waals surface area (Å²) in [5.41, 5.74) is 1.86. The van der Waals surface area contributed by atoms with Gasteiger partial charge in [-0.1, -0.05) is 12.1 Å². The zero-order valence-electron chi connectivity index (χ0n) is 13.6. The van der Waals surface area contributed by atoms with Crippen molar-refractivity contribution in [3.63, 3.8) is 0 Å². The number of aryl methyl sites for hydroxylation is 1. The van der Waals surface area contributed by atoms with Crippen molar-refractivity contribution in [1.82, 2.24) is 4.90 Å².